The molecule has 0 bridgehead atoms. The number of hydrogen-bond donors (Lipinski definition) is 1. The number of benzene rings is 2. The normalized spacial score (nSPS) is 20.3. The summed E-state index contributed by atoms with van der Waals surface area (Å²) in [4.78, 5) is 30.3. The van der Waals surface area contributed by atoms with E-state index in [1.54, 1.807) is 7.11 Å². The number of nitrogens with zero attached hydrogens (tertiary/aromatic N) is 2. The summed E-state index contributed by atoms with van der Waals surface area (Å²) in [6, 6.07) is 12.9. The fourth-order valence-corrected chi connectivity index (χ4v) is 5.72. The number of carbonyl (C=O) groups excluding carboxylic acids is 1. The van der Waals surface area contributed by atoms with Crippen LogP contribution < -0.4 is 14.2 Å². The maximum Gasteiger partial charge on any atom is 0.308 e. The van der Waals surface area contributed by atoms with E-state index < -0.39 is 17.9 Å². The zero-order chi connectivity index (χ0) is 27.8. The Morgan fingerprint density at radius 1 is 1.08 bits per heavy atom. The van der Waals surface area contributed by atoms with E-state index in [1.807, 2.05) is 46.2 Å². The van der Waals surface area contributed by atoms with Gasteiger partial charge in [0, 0.05) is 32.0 Å². The molecule has 2 aliphatic heterocycles. The minimum Gasteiger partial charge on any atom is -0.493 e. The van der Waals surface area contributed by atoms with Crippen LogP contribution in [0, 0.1) is 5.92 Å². The second kappa shape index (κ2) is 13.7. The molecule has 4 rings (SSSR count). The van der Waals surface area contributed by atoms with Crippen LogP contribution >= 0.6 is 0 Å². The van der Waals surface area contributed by atoms with Crippen LogP contribution in [0.4, 0.5) is 0 Å². The zero-order valence-corrected chi connectivity index (χ0v) is 23.4. The van der Waals surface area contributed by atoms with Gasteiger partial charge in [-0.25, -0.2) is 0 Å². The van der Waals surface area contributed by atoms with Crippen LogP contribution in [0.1, 0.15) is 56.6 Å². The molecule has 2 aliphatic rings. The SMILES string of the molecule is CCCCN(CCCC)C(=O)CN1C[C@H](c2ccc3c(c2)CCO3)[C@@H](C(=O)O)[C@@H]1COc1ccccc1OC. The summed E-state index contributed by atoms with van der Waals surface area (Å²) in [5.74, 6) is 0.182. The maximum atomic E-state index is 13.6. The van der Waals surface area contributed by atoms with Crippen LogP contribution in [0.25, 0.3) is 0 Å². The molecule has 39 heavy (non-hydrogen) atoms. The molecular weight excluding hydrogens is 496 g/mol. The largest absolute Gasteiger partial charge is 0.493 e. The van der Waals surface area contributed by atoms with Crippen molar-refractivity contribution >= 4 is 11.9 Å². The van der Waals surface area contributed by atoms with Crippen molar-refractivity contribution < 1.29 is 28.9 Å². The minimum absolute atomic E-state index is 0.0475. The van der Waals surface area contributed by atoms with Gasteiger partial charge in [0.25, 0.3) is 0 Å². The number of amides is 1. The van der Waals surface area contributed by atoms with Gasteiger partial charge >= 0.3 is 5.97 Å². The zero-order valence-electron chi connectivity index (χ0n) is 23.4. The predicted octanol–water partition coefficient (Wildman–Crippen LogP) is 4.61. The van der Waals surface area contributed by atoms with Crippen molar-refractivity contribution in [3.63, 3.8) is 0 Å². The summed E-state index contributed by atoms with van der Waals surface area (Å²) in [5.41, 5.74) is 2.08. The Labute approximate surface area is 231 Å². The molecule has 8 nitrogen and oxygen atoms in total. The average molecular weight is 539 g/mol. The lowest BCUT2D eigenvalue weighted by atomic mass is 9.84. The van der Waals surface area contributed by atoms with E-state index in [0.29, 0.717) is 24.7 Å². The highest BCUT2D eigenvalue weighted by molar-refractivity contribution is 5.79. The lowest BCUT2D eigenvalue weighted by molar-refractivity contribution is -0.144. The number of rotatable bonds is 14. The lowest BCUT2D eigenvalue weighted by Gasteiger charge is -2.29. The number of likely N-dealkylation sites (tertiary alicyclic amines) is 1. The summed E-state index contributed by atoms with van der Waals surface area (Å²) in [6.45, 7) is 7.12. The number of hydrogen-bond acceptors (Lipinski definition) is 6. The van der Waals surface area contributed by atoms with Gasteiger partial charge in [0.05, 0.1) is 32.2 Å². The highest BCUT2D eigenvalue weighted by Crippen LogP contribution is 2.40. The third-order valence-electron chi connectivity index (χ3n) is 7.91. The van der Waals surface area contributed by atoms with Crippen molar-refractivity contribution in [3.05, 3.63) is 53.6 Å². The van der Waals surface area contributed by atoms with Crippen molar-refractivity contribution in [3.8, 4) is 17.2 Å². The molecule has 3 atom stereocenters. The Bertz CT molecular complexity index is 1110. The highest BCUT2D eigenvalue weighted by Gasteiger charge is 2.48. The van der Waals surface area contributed by atoms with E-state index in [9.17, 15) is 14.7 Å². The molecule has 2 aromatic carbocycles. The molecule has 8 heteroatoms. The van der Waals surface area contributed by atoms with Gasteiger partial charge in [-0.05, 0) is 42.2 Å². The van der Waals surface area contributed by atoms with Crippen molar-refractivity contribution in [2.75, 3.05) is 46.5 Å². The van der Waals surface area contributed by atoms with Gasteiger partial charge in [0.15, 0.2) is 11.5 Å². The second-order valence-electron chi connectivity index (χ2n) is 10.5. The second-order valence-corrected chi connectivity index (χ2v) is 10.5. The number of carbonyl (C=O) groups is 2. The summed E-state index contributed by atoms with van der Waals surface area (Å²) in [7, 11) is 1.58. The Kier molecular flexibility index (Phi) is 10.1. The number of unbranched alkanes of at least 4 members (excludes halogenated alkanes) is 2. The first-order chi connectivity index (χ1) is 19.0. The topological polar surface area (TPSA) is 88.5 Å². The first kappa shape index (κ1) is 28.7. The lowest BCUT2D eigenvalue weighted by Crippen LogP contribution is -2.46. The molecule has 0 radical (unpaired) electrons. The van der Waals surface area contributed by atoms with Gasteiger partial charge in [0.2, 0.25) is 5.91 Å². The molecule has 1 fully saturated rings. The van der Waals surface area contributed by atoms with Gasteiger partial charge in [-0.15, -0.1) is 0 Å². The first-order valence-corrected chi connectivity index (χ1v) is 14.2. The van der Waals surface area contributed by atoms with Crippen LogP contribution in [0.5, 0.6) is 17.2 Å². The predicted molar refractivity (Wildman–Crippen MR) is 150 cm³/mol. The third-order valence-corrected chi connectivity index (χ3v) is 7.91. The number of para-hydroxylation sites is 2. The fraction of sp³-hybridized carbons (Fsp3) is 0.548. The molecule has 2 aromatic rings. The summed E-state index contributed by atoms with van der Waals surface area (Å²) in [6.07, 6.45) is 4.75. The van der Waals surface area contributed by atoms with Crippen molar-refractivity contribution in [2.24, 2.45) is 5.92 Å². The van der Waals surface area contributed by atoms with Crippen molar-refractivity contribution in [1.82, 2.24) is 9.80 Å². The molecule has 1 saturated heterocycles. The number of ether oxygens (including phenoxy) is 3. The van der Waals surface area contributed by atoms with Crippen LogP contribution in [-0.4, -0.2) is 79.3 Å². The van der Waals surface area contributed by atoms with Crippen LogP contribution in [0.2, 0.25) is 0 Å². The summed E-state index contributed by atoms with van der Waals surface area (Å²) >= 11 is 0. The Hall–Kier alpha value is -3.26. The van der Waals surface area contributed by atoms with E-state index in [4.69, 9.17) is 14.2 Å². The molecule has 0 aliphatic carbocycles. The standard InChI is InChI=1S/C31H42N2O6/c1-4-6-15-32(16-7-5-2)29(34)20-33-19-24(22-12-13-26-23(18-22)14-17-38-26)30(31(35)36)25(33)21-39-28-11-9-8-10-27(28)37-3/h8-13,18,24-25,30H,4-7,14-17,19-21H2,1-3H3,(H,35,36)/t24-,25+,30-/m1/s1. The molecular formula is C31H42N2O6. The van der Waals surface area contributed by atoms with Gasteiger partial charge in [0.1, 0.15) is 12.4 Å². The molecule has 0 spiro atoms. The first-order valence-electron chi connectivity index (χ1n) is 14.2. The summed E-state index contributed by atoms with van der Waals surface area (Å²) in [5, 5.41) is 10.5. The van der Waals surface area contributed by atoms with Crippen LogP contribution in [0.3, 0.4) is 0 Å². The van der Waals surface area contributed by atoms with E-state index in [2.05, 4.69) is 19.9 Å². The van der Waals surface area contributed by atoms with Gasteiger partial charge in [-0.3, -0.25) is 14.5 Å². The molecule has 1 amide bonds. The van der Waals surface area contributed by atoms with E-state index in [1.165, 1.54) is 0 Å². The number of carboxylic acid groups (broad SMARTS) is 1. The van der Waals surface area contributed by atoms with Crippen LogP contribution in [0.15, 0.2) is 42.5 Å². The van der Waals surface area contributed by atoms with E-state index in [0.717, 1.165) is 62.1 Å². The molecule has 2 heterocycles. The van der Waals surface area contributed by atoms with Crippen LogP contribution in [-0.2, 0) is 16.0 Å². The van der Waals surface area contributed by atoms with Gasteiger partial charge in [-0.1, -0.05) is 51.0 Å². The van der Waals surface area contributed by atoms with Gasteiger partial charge in [-0.2, -0.15) is 0 Å². The Morgan fingerprint density at radius 2 is 1.79 bits per heavy atom. The Morgan fingerprint density at radius 3 is 2.46 bits per heavy atom. The monoisotopic (exact) mass is 538 g/mol. The van der Waals surface area contributed by atoms with Crippen molar-refractivity contribution in [2.45, 2.75) is 57.9 Å². The molecule has 212 valence electrons. The molecule has 0 unspecified atom stereocenters. The number of carboxylic acids is 1. The number of aliphatic carboxylic acids is 1. The average Bonchev–Trinajstić information content (AvgIpc) is 3.56. The van der Waals surface area contributed by atoms with E-state index in [-0.39, 0.29) is 25.0 Å². The minimum atomic E-state index is -0.880. The molecule has 0 aromatic heterocycles. The molecule has 0 saturated carbocycles. The maximum absolute atomic E-state index is 13.6. The quantitative estimate of drug-likeness (QED) is 0.376. The van der Waals surface area contributed by atoms with Crippen molar-refractivity contribution in [1.29, 1.82) is 0 Å². The summed E-state index contributed by atoms with van der Waals surface area (Å²) < 4.78 is 17.3. The number of methoxy groups -OCH3 is 1. The Balaban J connectivity index is 1.61. The fourth-order valence-electron chi connectivity index (χ4n) is 5.72. The number of fused-ring (bicyclic) bond motifs is 1. The highest BCUT2D eigenvalue weighted by atomic mass is 16.5. The third kappa shape index (κ3) is 6.85. The molecule has 1 N–H and O–H groups in total. The van der Waals surface area contributed by atoms with E-state index >= 15 is 0 Å². The van der Waals surface area contributed by atoms with Gasteiger partial charge < -0.3 is 24.2 Å². The smallest absolute Gasteiger partial charge is 0.308 e.